The van der Waals surface area contributed by atoms with Gasteiger partial charge in [-0.05, 0) is 81.0 Å². The second kappa shape index (κ2) is 17.5. The summed E-state index contributed by atoms with van der Waals surface area (Å²) in [5.41, 5.74) is 1.08. The van der Waals surface area contributed by atoms with Crippen LogP contribution >= 0.6 is 11.6 Å². The van der Waals surface area contributed by atoms with Crippen molar-refractivity contribution in [3.8, 4) is 17.3 Å². The van der Waals surface area contributed by atoms with Crippen LogP contribution in [0.3, 0.4) is 0 Å². The molecule has 0 amide bonds. The normalized spacial score (nSPS) is 20.1. The Balaban J connectivity index is 1.05. The number of rotatable bonds is 16. The SMILES string of the molecule is C[C@@H](COCc1nnnn1[C@@H](C)CCOC(=O)O)NC1CCC(Nc2cc(-c3cccc(NCC4(C#N)CCOCC4)n3)c(Cl)cn2)CC1. The minimum absolute atomic E-state index is 0.0693. The lowest BCUT2D eigenvalue weighted by Gasteiger charge is -2.32. The number of halogens is 1. The fourth-order valence-electron chi connectivity index (χ4n) is 6.23. The zero-order chi connectivity index (χ0) is 34.6. The Labute approximate surface area is 291 Å². The molecule has 2 aliphatic rings. The first-order valence-electron chi connectivity index (χ1n) is 16.8. The number of nitrogens with one attached hydrogen (secondary N) is 3. The topological polar surface area (TPSA) is 194 Å². The van der Waals surface area contributed by atoms with Crippen molar-refractivity contribution in [1.82, 2.24) is 35.5 Å². The number of carbonyl (C=O) groups is 1. The number of nitriles is 1. The second-order valence-electron chi connectivity index (χ2n) is 12.9. The largest absolute Gasteiger partial charge is 0.505 e. The fraction of sp³-hybridized carbons (Fsp3) is 0.606. The molecule has 1 aliphatic heterocycles. The first kappa shape index (κ1) is 36.2. The highest BCUT2D eigenvalue weighted by molar-refractivity contribution is 6.33. The molecule has 0 radical (unpaired) electrons. The molecule has 1 saturated carbocycles. The van der Waals surface area contributed by atoms with Crippen molar-refractivity contribution in [2.45, 2.75) is 89.6 Å². The lowest BCUT2D eigenvalue weighted by molar-refractivity contribution is 0.0455. The van der Waals surface area contributed by atoms with Crippen molar-refractivity contribution in [2.75, 3.05) is 43.6 Å². The van der Waals surface area contributed by atoms with Gasteiger partial charge in [-0.15, -0.1) is 5.10 Å². The molecule has 2 fully saturated rings. The molecule has 264 valence electrons. The quantitative estimate of drug-likeness (QED) is 0.145. The molecule has 0 bridgehead atoms. The minimum Gasteiger partial charge on any atom is -0.450 e. The van der Waals surface area contributed by atoms with Crippen LogP contribution in [0.4, 0.5) is 16.4 Å². The maximum Gasteiger partial charge on any atom is 0.505 e. The van der Waals surface area contributed by atoms with Gasteiger partial charge < -0.3 is 35.3 Å². The molecule has 0 unspecified atom stereocenters. The summed E-state index contributed by atoms with van der Waals surface area (Å²) >= 11 is 6.59. The zero-order valence-electron chi connectivity index (χ0n) is 28.0. The Hall–Kier alpha value is -4.10. The minimum atomic E-state index is -1.30. The van der Waals surface area contributed by atoms with Crippen LogP contribution in [-0.2, 0) is 20.8 Å². The molecule has 4 N–H and O–H groups in total. The molecule has 0 spiro atoms. The third-order valence-corrected chi connectivity index (χ3v) is 9.41. The van der Waals surface area contributed by atoms with E-state index in [1.165, 1.54) is 0 Å². The van der Waals surface area contributed by atoms with Crippen LogP contribution in [0, 0.1) is 16.7 Å². The fourth-order valence-corrected chi connectivity index (χ4v) is 6.43. The van der Waals surface area contributed by atoms with Gasteiger partial charge in [0.2, 0.25) is 0 Å². The Morgan fingerprint density at radius 3 is 2.73 bits per heavy atom. The number of ether oxygens (including phenoxy) is 3. The average Bonchev–Trinajstić information content (AvgIpc) is 3.58. The van der Waals surface area contributed by atoms with Crippen molar-refractivity contribution >= 4 is 29.4 Å². The maximum atomic E-state index is 10.6. The van der Waals surface area contributed by atoms with E-state index in [0.717, 1.165) is 42.8 Å². The lowest BCUT2D eigenvalue weighted by atomic mass is 9.82. The predicted octanol–water partition coefficient (Wildman–Crippen LogP) is 5.08. The summed E-state index contributed by atoms with van der Waals surface area (Å²) in [4.78, 5) is 19.9. The zero-order valence-corrected chi connectivity index (χ0v) is 28.7. The molecular weight excluding hydrogens is 652 g/mol. The van der Waals surface area contributed by atoms with E-state index in [1.807, 2.05) is 31.2 Å². The van der Waals surface area contributed by atoms with E-state index in [0.29, 0.717) is 68.3 Å². The van der Waals surface area contributed by atoms with E-state index in [4.69, 9.17) is 31.2 Å². The molecular formula is C33H45ClN10O5. The highest BCUT2D eigenvalue weighted by atomic mass is 35.5. The molecule has 2 atom stereocenters. The summed E-state index contributed by atoms with van der Waals surface area (Å²) in [7, 11) is 0. The Kier molecular flexibility index (Phi) is 12.9. The van der Waals surface area contributed by atoms with Gasteiger partial charge in [0.15, 0.2) is 5.82 Å². The average molecular weight is 697 g/mol. The summed E-state index contributed by atoms with van der Waals surface area (Å²) in [6.45, 7) is 6.53. The first-order valence-corrected chi connectivity index (χ1v) is 17.2. The molecule has 49 heavy (non-hydrogen) atoms. The van der Waals surface area contributed by atoms with Gasteiger partial charge in [0, 0.05) is 56.1 Å². The van der Waals surface area contributed by atoms with Crippen molar-refractivity contribution in [3.63, 3.8) is 0 Å². The Morgan fingerprint density at radius 2 is 1.98 bits per heavy atom. The van der Waals surface area contributed by atoms with E-state index in [1.54, 1.807) is 10.9 Å². The molecule has 15 nitrogen and oxygen atoms in total. The van der Waals surface area contributed by atoms with Crippen LogP contribution in [0.5, 0.6) is 0 Å². The predicted molar refractivity (Wildman–Crippen MR) is 182 cm³/mol. The number of aromatic nitrogens is 6. The van der Waals surface area contributed by atoms with Crippen LogP contribution in [-0.4, -0.2) is 92.5 Å². The van der Waals surface area contributed by atoms with E-state index < -0.39 is 11.6 Å². The van der Waals surface area contributed by atoms with Crippen LogP contribution in [0.1, 0.15) is 70.7 Å². The number of pyridine rings is 2. The lowest BCUT2D eigenvalue weighted by Crippen LogP contribution is -2.43. The van der Waals surface area contributed by atoms with Crippen LogP contribution in [0.15, 0.2) is 30.5 Å². The first-order chi connectivity index (χ1) is 23.7. The van der Waals surface area contributed by atoms with Crippen LogP contribution in [0.2, 0.25) is 5.02 Å². The number of nitrogens with zero attached hydrogens (tertiary/aromatic N) is 7. The second-order valence-corrected chi connectivity index (χ2v) is 13.3. The molecule has 1 saturated heterocycles. The van der Waals surface area contributed by atoms with Gasteiger partial charge in [-0.25, -0.2) is 19.4 Å². The van der Waals surface area contributed by atoms with Gasteiger partial charge in [-0.2, -0.15) is 5.26 Å². The van der Waals surface area contributed by atoms with Crippen LogP contribution in [0.25, 0.3) is 11.3 Å². The van der Waals surface area contributed by atoms with E-state index in [2.05, 4.69) is 54.2 Å². The molecule has 4 heterocycles. The number of anilines is 2. The van der Waals surface area contributed by atoms with Gasteiger partial charge in [0.1, 0.15) is 18.2 Å². The number of hydrogen-bond donors (Lipinski definition) is 4. The molecule has 0 aromatic carbocycles. The standard InChI is InChI=1S/C33H45ClN10O5/c1-22(18-48-19-31-41-42-43-44(31)23(2)10-13-49-32(45)46)38-24-6-8-25(9-7-24)39-30-16-26(27(34)17-36-30)28-4-3-5-29(40-28)37-21-33(20-35)11-14-47-15-12-33/h3-5,16-17,22-25,38H,6-15,18-19,21H2,1-2H3,(H,36,39)(H,37,40)(H,45,46)/t22-,23-,24?,25?/m0/s1. The van der Waals surface area contributed by atoms with Crippen molar-refractivity contribution in [3.05, 3.63) is 41.3 Å². The molecule has 16 heteroatoms. The van der Waals surface area contributed by atoms with Crippen molar-refractivity contribution in [1.29, 1.82) is 5.26 Å². The van der Waals surface area contributed by atoms with Gasteiger partial charge in [0.05, 0.1) is 41.5 Å². The van der Waals surface area contributed by atoms with Gasteiger partial charge in [-0.1, -0.05) is 17.7 Å². The van der Waals surface area contributed by atoms with E-state index in [9.17, 15) is 10.1 Å². The maximum absolute atomic E-state index is 10.6. The number of carboxylic acid groups (broad SMARTS) is 1. The molecule has 3 aromatic heterocycles. The summed E-state index contributed by atoms with van der Waals surface area (Å²) < 4.78 is 17.6. The molecule has 3 aromatic rings. The van der Waals surface area contributed by atoms with Crippen LogP contribution < -0.4 is 16.0 Å². The van der Waals surface area contributed by atoms with Gasteiger partial charge in [0.25, 0.3) is 0 Å². The summed E-state index contributed by atoms with van der Waals surface area (Å²) in [6, 6.07) is 10.9. The third kappa shape index (κ3) is 10.4. The molecule has 5 rings (SSSR count). The summed E-state index contributed by atoms with van der Waals surface area (Å²) in [6.07, 6.45) is 6.25. The van der Waals surface area contributed by atoms with Gasteiger partial charge in [-0.3, -0.25) is 0 Å². The Morgan fingerprint density at radius 1 is 1.20 bits per heavy atom. The van der Waals surface area contributed by atoms with Crippen molar-refractivity contribution in [2.24, 2.45) is 5.41 Å². The highest BCUT2D eigenvalue weighted by Gasteiger charge is 2.32. The van der Waals surface area contributed by atoms with E-state index >= 15 is 0 Å². The van der Waals surface area contributed by atoms with E-state index in [-0.39, 0.29) is 31.3 Å². The number of tetrazole rings is 1. The smallest absolute Gasteiger partial charge is 0.450 e. The Bertz CT molecular complexity index is 1550. The highest BCUT2D eigenvalue weighted by Crippen LogP contribution is 2.32. The summed E-state index contributed by atoms with van der Waals surface area (Å²) in [5, 5.41) is 41.4. The monoisotopic (exact) mass is 696 g/mol. The third-order valence-electron chi connectivity index (χ3n) is 9.11. The summed E-state index contributed by atoms with van der Waals surface area (Å²) in [5.74, 6) is 2.04. The van der Waals surface area contributed by atoms with Crippen molar-refractivity contribution < 1.29 is 24.1 Å². The van der Waals surface area contributed by atoms with Gasteiger partial charge >= 0.3 is 6.16 Å². The number of hydrogen-bond acceptors (Lipinski definition) is 13. The molecule has 1 aliphatic carbocycles.